The Morgan fingerprint density at radius 1 is 0.667 bits per heavy atom. The minimum atomic E-state index is -1.45. The first kappa shape index (κ1) is 27.9. The molecule has 5 aromatic carbocycles. The molecule has 5 aromatic heterocycles. The summed E-state index contributed by atoms with van der Waals surface area (Å²) >= 11 is 0. The highest BCUT2D eigenvalue weighted by atomic mass is 16.5. The number of aromatic nitrogens is 7. The van der Waals surface area contributed by atoms with Crippen molar-refractivity contribution in [2.45, 2.75) is 11.0 Å². The van der Waals surface area contributed by atoms with E-state index in [2.05, 4.69) is 62.5 Å². The maximum Gasteiger partial charge on any atom is 0.230 e. The van der Waals surface area contributed by atoms with Crippen LogP contribution >= 0.6 is 0 Å². The fourth-order valence-corrected chi connectivity index (χ4v) is 8.19. The van der Waals surface area contributed by atoms with Crippen LogP contribution in [0.4, 0.5) is 0 Å². The highest BCUT2D eigenvalue weighted by molar-refractivity contribution is 5.89. The van der Waals surface area contributed by atoms with Gasteiger partial charge in [-0.15, -0.1) is 0 Å². The zero-order chi connectivity index (χ0) is 33.6. The van der Waals surface area contributed by atoms with Gasteiger partial charge in [0.1, 0.15) is 22.6 Å². The molecule has 0 fully saturated rings. The molecule has 0 radical (unpaired) electrons. The second-order valence-electron chi connectivity index (χ2n) is 12.9. The minimum absolute atomic E-state index is 0.582. The molecule has 0 spiro atoms. The van der Waals surface area contributed by atoms with E-state index < -0.39 is 11.0 Å². The summed E-state index contributed by atoms with van der Waals surface area (Å²) in [5.41, 5.74) is 5.47. The van der Waals surface area contributed by atoms with E-state index >= 15 is 0 Å². The van der Waals surface area contributed by atoms with Gasteiger partial charge in [-0.2, -0.15) is 5.10 Å². The number of hydrogen-bond donors (Lipinski definition) is 3. The summed E-state index contributed by atoms with van der Waals surface area (Å²) in [5.74, 6) is 1.89. The Balaban J connectivity index is 1.41. The predicted octanol–water partition coefficient (Wildman–Crippen LogP) is 8.79. The van der Waals surface area contributed by atoms with Crippen LogP contribution in [0.5, 0.6) is 5.75 Å². The Morgan fingerprint density at radius 2 is 1.47 bits per heavy atom. The van der Waals surface area contributed by atoms with Crippen LogP contribution in [0.2, 0.25) is 0 Å². The molecule has 2 atom stereocenters. The van der Waals surface area contributed by atoms with E-state index in [1.54, 1.807) is 18.6 Å². The number of benzene rings is 5. The van der Waals surface area contributed by atoms with Crippen molar-refractivity contribution in [3.63, 3.8) is 0 Å². The Bertz CT molecular complexity index is 2760. The van der Waals surface area contributed by atoms with E-state index in [1.807, 2.05) is 84.9 Å². The summed E-state index contributed by atoms with van der Waals surface area (Å²) in [5, 5.41) is 11.2. The van der Waals surface area contributed by atoms with Crippen molar-refractivity contribution in [2.75, 3.05) is 0 Å². The van der Waals surface area contributed by atoms with Crippen molar-refractivity contribution in [3.05, 3.63) is 175 Å². The van der Waals surface area contributed by atoms with E-state index in [1.165, 1.54) is 0 Å². The van der Waals surface area contributed by atoms with Gasteiger partial charge in [-0.3, -0.25) is 15.1 Å². The van der Waals surface area contributed by atoms with Gasteiger partial charge in [0, 0.05) is 45.5 Å². The summed E-state index contributed by atoms with van der Waals surface area (Å²) in [7, 11) is 0. The van der Waals surface area contributed by atoms with E-state index in [-0.39, 0.29) is 0 Å². The first-order chi connectivity index (χ1) is 25.2. The number of nitrogens with zero attached hydrogens (tertiary/aromatic N) is 4. The lowest BCUT2D eigenvalue weighted by Gasteiger charge is -2.41. The van der Waals surface area contributed by atoms with Crippen LogP contribution in [-0.2, 0) is 11.0 Å². The quantitative estimate of drug-likeness (QED) is 0.170. The van der Waals surface area contributed by atoms with E-state index in [4.69, 9.17) is 24.2 Å². The number of para-hydroxylation sites is 5. The minimum Gasteiger partial charge on any atom is -0.471 e. The summed E-state index contributed by atoms with van der Waals surface area (Å²) in [6.45, 7) is 0. The number of aromatic amines is 3. The molecule has 1 aliphatic heterocycles. The summed E-state index contributed by atoms with van der Waals surface area (Å²) < 4.78 is 14.6. The standard InChI is InChI=1S/C42H27N7O2/c1-4-14-29-25(10-1)22-36(45-29)41(40-46-31-16-6-7-17-32(31)47-40)38-27(33-24-43-20-21-44-33)13-9-19-35(38)51-42(41,37-23-26-11-2-8-18-34(26)50-37)39-28-12-3-5-15-30(28)48-49-39/h1-24,45H,(H,46,47)(H,48,49). The Hall–Kier alpha value is -7.00. The molecule has 0 bridgehead atoms. The second-order valence-corrected chi connectivity index (χ2v) is 12.9. The average Bonchev–Trinajstić information content (AvgIpc) is 4.01. The largest absolute Gasteiger partial charge is 0.471 e. The number of imidazole rings is 1. The van der Waals surface area contributed by atoms with Crippen molar-refractivity contribution < 1.29 is 9.15 Å². The second kappa shape index (κ2) is 10.3. The fourth-order valence-electron chi connectivity index (χ4n) is 8.19. The lowest BCUT2D eigenvalue weighted by atomic mass is 9.61. The normalized spacial score (nSPS) is 18.5. The highest BCUT2D eigenvalue weighted by Gasteiger charge is 2.70. The number of H-pyrrole nitrogens is 3. The van der Waals surface area contributed by atoms with Gasteiger partial charge in [-0.25, -0.2) is 4.98 Å². The molecule has 11 rings (SSSR count). The maximum absolute atomic E-state index is 7.65. The molecule has 6 heterocycles. The van der Waals surface area contributed by atoms with Crippen molar-refractivity contribution >= 4 is 43.8 Å². The number of rotatable bonds is 5. The first-order valence-corrected chi connectivity index (χ1v) is 16.8. The van der Waals surface area contributed by atoms with Gasteiger partial charge in [-0.1, -0.05) is 78.9 Å². The topological polar surface area (TPSA) is 121 Å². The maximum atomic E-state index is 7.65. The summed E-state index contributed by atoms with van der Waals surface area (Å²) in [6.07, 6.45) is 5.19. The van der Waals surface area contributed by atoms with Gasteiger partial charge in [0.05, 0.1) is 34.1 Å². The van der Waals surface area contributed by atoms with E-state index in [0.29, 0.717) is 23.0 Å². The number of hydrogen-bond acceptors (Lipinski definition) is 6. The molecule has 2 unspecified atom stereocenters. The van der Waals surface area contributed by atoms with Crippen LogP contribution in [0.15, 0.2) is 150 Å². The third-order valence-corrected chi connectivity index (χ3v) is 10.3. The van der Waals surface area contributed by atoms with Crippen molar-refractivity contribution in [1.29, 1.82) is 0 Å². The van der Waals surface area contributed by atoms with Gasteiger partial charge < -0.3 is 19.1 Å². The van der Waals surface area contributed by atoms with Crippen LogP contribution in [0.1, 0.15) is 28.5 Å². The van der Waals surface area contributed by atoms with Crippen LogP contribution in [0.25, 0.3) is 55.1 Å². The number of nitrogens with one attached hydrogen (secondary N) is 3. The third kappa shape index (κ3) is 3.69. The van der Waals surface area contributed by atoms with Gasteiger partial charge in [0.2, 0.25) is 5.60 Å². The first-order valence-electron chi connectivity index (χ1n) is 16.8. The molecular weight excluding hydrogens is 635 g/mol. The molecule has 9 heteroatoms. The van der Waals surface area contributed by atoms with Gasteiger partial charge in [0.15, 0.2) is 5.76 Å². The highest BCUT2D eigenvalue weighted by Crippen LogP contribution is 2.65. The smallest absolute Gasteiger partial charge is 0.230 e. The molecule has 1 aliphatic rings. The van der Waals surface area contributed by atoms with Gasteiger partial charge in [-0.05, 0) is 53.9 Å². The summed E-state index contributed by atoms with van der Waals surface area (Å²) in [6, 6.07) is 42.8. The van der Waals surface area contributed by atoms with Crippen LogP contribution in [-0.4, -0.2) is 35.1 Å². The zero-order valence-corrected chi connectivity index (χ0v) is 27.0. The van der Waals surface area contributed by atoms with Gasteiger partial charge >= 0.3 is 0 Å². The molecule has 0 aliphatic carbocycles. The molecule has 9 nitrogen and oxygen atoms in total. The number of fused-ring (bicyclic) bond motifs is 5. The Morgan fingerprint density at radius 3 is 2.31 bits per heavy atom. The SMILES string of the molecule is c1cc2c(c(-c3cnccn3)c1)C(c1cc3ccccc3[nH]1)(c1nc3ccccc3[nH]1)C(c1cc3ccccc3o1)(c1[nH]nc3ccccc13)O2. The molecule has 10 aromatic rings. The molecule has 242 valence electrons. The molecule has 0 saturated carbocycles. The van der Waals surface area contributed by atoms with Crippen molar-refractivity contribution in [2.24, 2.45) is 0 Å². The molecule has 51 heavy (non-hydrogen) atoms. The zero-order valence-electron chi connectivity index (χ0n) is 27.0. The molecule has 0 saturated heterocycles. The monoisotopic (exact) mass is 661 g/mol. The van der Waals surface area contributed by atoms with E-state index in [9.17, 15) is 0 Å². The van der Waals surface area contributed by atoms with Crippen molar-refractivity contribution in [1.82, 2.24) is 35.1 Å². The predicted molar refractivity (Wildman–Crippen MR) is 195 cm³/mol. The lowest BCUT2D eigenvalue weighted by Crippen LogP contribution is -2.52. The number of ether oxygens (including phenoxy) is 1. The van der Waals surface area contributed by atoms with Crippen molar-refractivity contribution in [3.8, 4) is 17.0 Å². The summed E-state index contributed by atoms with van der Waals surface area (Å²) in [4.78, 5) is 22.4. The third-order valence-electron chi connectivity index (χ3n) is 10.3. The average molecular weight is 662 g/mol. The molecular formula is C42H27N7O2. The van der Waals surface area contributed by atoms with Crippen LogP contribution < -0.4 is 4.74 Å². The lowest BCUT2D eigenvalue weighted by molar-refractivity contribution is 0.0604. The number of furan rings is 1. The fraction of sp³-hybridized carbons (Fsp3) is 0.0476. The molecule has 0 amide bonds. The van der Waals surface area contributed by atoms with Crippen LogP contribution in [0.3, 0.4) is 0 Å². The van der Waals surface area contributed by atoms with Gasteiger partial charge in [0.25, 0.3) is 0 Å². The Kier molecular flexibility index (Phi) is 5.61. The Labute approximate surface area is 290 Å². The molecule has 3 N–H and O–H groups in total. The van der Waals surface area contributed by atoms with E-state index in [0.717, 1.165) is 66.3 Å². The van der Waals surface area contributed by atoms with Crippen LogP contribution in [0, 0.1) is 0 Å².